The van der Waals surface area contributed by atoms with E-state index >= 15 is 0 Å². The Hall–Kier alpha value is -1.11. The van der Waals surface area contributed by atoms with Crippen LogP contribution in [0.5, 0.6) is 0 Å². The number of ether oxygens (including phenoxy) is 1. The molecule has 0 heterocycles. The fourth-order valence-electron chi connectivity index (χ4n) is 1.82. The molecule has 0 bridgehead atoms. The topological polar surface area (TPSA) is 69.7 Å². The Kier molecular flexibility index (Phi) is 8.58. The molecule has 0 fully saturated rings. The third kappa shape index (κ3) is 7.33. The van der Waals surface area contributed by atoms with Gasteiger partial charge in [0.15, 0.2) is 0 Å². The Morgan fingerprint density at radius 1 is 1.22 bits per heavy atom. The molecule has 0 spiro atoms. The van der Waals surface area contributed by atoms with Gasteiger partial charge in [-0.1, -0.05) is 37.5 Å². The highest BCUT2D eigenvalue weighted by molar-refractivity contribution is 7.86. The zero-order valence-corrected chi connectivity index (χ0v) is 15.0. The van der Waals surface area contributed by atoms with Crippen LogP contribution < -0.4 is 0 Å². The number of hydrogen-bond acceptors (Lipinski definition) is 5. The van der Waals surface area contributed by atoms with E-state index in [0.717, 1.165) is 24.8 Å². The summed E-state index contributed by atoms with van der Waals surface area (Å²) in [6, 6.07) is 6.29. The first-order chi connectivity index (χ1) is 10.9. The molecule has 0 amide bonds. The highest BCUT2D eigenvalue weighted by atomic mass is 35.5. The Labute approximate surface area is 143 Å². The van der Waals surface area contributed by atoms with E-state index in [1.807, 2.05) is 13.8 Å². The van der Waals surface area contributed by atoms with Crippen LogP contribution >= 0.6 is 11.6 Å². The number of hydrogen-bond donors (Lipinski definition) is 0. The molecule has 0 aliphatic heterocycles. The summed E-state index contributed by atoms with van der Waals surface area (Å²) in [5.74, 6) is -0.460. The van der Waals surface area contributed by atoms with Crippen molar-refractivity contribution in [3.8, 4) is 0 Å². The predicted molar refractivity (Wildman–Crippen MR) is 89.1 cm³/mol. The molecule has 0 radical (unpaired) electrons. The Bertz CT molecular complexity index is 583. The largest absolute Gasteiger partial charge is 0.463 e. The summed E-state index contributed by atoms with van der Waals surface area (Å²) >= 11 is 5.72. The summed E-state index contributed by atoms with van der Waals surface area (Å²) < 4.78 is 34.4. The van der Waals surface area contributed by atoms with Gasteiger partial charge in [0.05, 0.1) is 10.8 Å². The highest BCUT2D eigenvalue weighted by Gasteiger charge is 2.22. The van der Waals surface area contributed by atoms with Gasteiger partial charge in [0.2, 0.25) is 0 Å². The van der Waals surface area contributed by atoms with Crippen molar-refractivity contribution in [2.24, 2.45) is 0 Å². The molecule has 1 atom stereocenters. The summed E-state index contributed by atoms with van der Waals surface area (Å²) in [6.45, 7) is 3.72. The van der Waals surface area contributed by atoms with Gasteiger partial charge in [-0.05, 0) is 25.5 Å². The maximum absolute atomic E-state index is 12.1. The molecule has 23 heavy (non-hydrogen) atoms. The number of carbonyl (C=O) groups excluding carboxylic acids is 1. The van der Waals surface area contributed by atoms with Crippen LogP contribution in [0.15, 0.2) is 29.2 Å². The van der Waals surface area contributed by atoms with E-state index < -0.39 is 16.2 Å². The molecule has 1 rings (SSSR count). The highest BCUT2D eigenvalue weighted by Crippen LogP contribution is 2.16. The van der Waals surface area contributed by atoms with E-state index in [-0.39, 0.29) is 23.4 Å². The van der Waals surface area contributed by atoms with Crippen LogP contribution in [0.1, 0.15) is 38.2 Å². The average Bonchev–Trinajstić information content (AvgIpc) is 2.52. The monoisotopic (exact) mass is 362 g/mol. The van der Waals surface area contributed by atoms with Crippen LogP contribution in [0.4, 0.5) is 0 Å². The number of carbonyl (C=O) groups is 1. The van der Waals surface area contributed by atoms with Gasteiger partial charge in [0.1, 0.15) is 12.7 Å². The average molecular weight is 363 g/mol. The molecular weight excluding hydrogens is 340 g/mol. The molecule has 1 aromatic carbocycles. The minimum atomic E-state index is -3.93. The summed E-state index contributed by atoms with van der Waals surface area (Å²) in [7, 11) is -3.93. The third-order valence-corrected chi connectivity index (χ3v) is 4.88. The van der Waals surface area contributed by atoms with E-state index in [4.69, 9.17) is 20.5 Å². The zero-order valence-electron chi connectivity index (χ0n) is 13.5. The normalized spacial score (nSPS) is 12.8. The lowest BCUT2D eigenvalue weighted by atomic mass is 10.2. The smallest absolute Gasteiger partial charge is 0.305 e. The fraction of sp³-hybridized carbons (Fsp3) is 0.562. The van der Waals surface area contributed by atoms with Crippen LogP contribution in [0.2, 0.25) is 0 Å². The molecule has 1 aromatic rings. The molecule has 0 aromatic heterocycles. The lowest BCUT2D eigenvalue weighted by Crippen LogP contribution is -2.27. The second-order valence-corrected chi connectivity index (χ2v) is 7.16. The molecule has 0 unspecified atom stereocenters. The first-order valence-corrected chi connectivity index (χ1v) is 9.55. The second-order valence-electron chi connectivity index (χ2n) is 5.28. The van der Waals surface area contributed by atoms with Crippen molar-refractivity contribution in [1.29, 1.82) is 0 Å². The van der Waals surface area contributed by atoms with Crippen molar-refractivity contribution >= 4 is 27.7 Å². The standard InChI is InChI=1S/C16H23ClO5S/c1-3-4-5-6-16(18)21-12-14(11-17)22-23(19,20)15-9-7-13(2)8-10-15/h7-10,14H,3-6,11-12H2,1-2H3/t14-/m1/s1. The van der Waals surface area contributed by atoms with Crippen molar-refractivity contribution in [3.63, 3.8) is 0 Å². The number of esters is 1. The van der Waals surface area contributed by atoms with E-state index in [1.165, 1.54) is 12.1 Å². The van der Waals surface area contributed by atoms with Crippen LogP contribution in [0.3, 0.4) is 0 Å². The molecule has 0 aliphatic carbocycles. The number of rotatable bonds is 10. The van der Waals surface area contributed by atoms with Crippen molar-refractivity contribution in [2.45, 2.75) is 50.5 Å². The Balaban J connectivity index is 2.54. The molecular formula is C16H23ClO5S. The Morgan fingerprint density at radius 3 is 2.43 bits per heavy atom. The van der Waals surface area contributed by atoms with E-state index in [1.54, 1.807) is 12.1 Å². The maximum Gasteiger partial charge on any atom is 0.305 e. The van der Waals surface area contributed by atoms with Gasteiger partial charge in [-0.3, -0.25) is 8.98 Å². The van der Waals surface area contributed by atoms with E-state index in [0.29, 0.717) is 6.42 Å². The van der Waals surface area contributed by atoms with Crippen molar-refractivity contribution in [3.05, 3.63) is 29.8 Å². The first-order valence-electron chi connectivity index (χ1n) is 7.60. The zero-order chi connectivity index (χ0) is 17.3. The van der Waals surface area contributed by atoms with Gasteiger partial charge in [-0.25, -0.2) is 0 Å². The molecule has 0 saturated heterocycles. The maximum atomic E-state index is 12.1. The predicted octanol–water partition coefficient (Wildman–Crippen LogP) is 3.43. The minimum absolute atomic E-state index is 0.0486. The number of alkyl halides is 1. The number of halogens is 1. The summed E-state index contributed by atoms with van der Waals surface area (Å²) in [5, 5.41) is 0. The lowest BCUT2D eigenvalue weighted by Gasteiger charge is -2.15. The summed E-state index contributed by atoms with van der Waals surface area (Å²) in [4.78, 5) is 11.6. The van der Waals surface area contributed by atoms with Gasteiger partial charge in [0.25, 0.3) is 10.1 Å². The van der Waals surface area contributed by atoms with Crippen molar-refractivity contribution in [1.82, 2.24) is 0 Å². The summed E-state index contributed by atoms with van der Waals surface area (Å²) in [6.07, 6.45) is 2.12. The van der Waals surface area contributed by atoms with Crippen LogP contribution in [0.25, 0.3) is 0 Å². The third-order valence-electron chi connectivity index (χ3n) is 3.16. The molecule has 5 nitrogen and oxygen atoms in total. The van der Waals surface area contributed by atoms with Gasteiger partial charge < -0.3 is 4.74 Å². The van der Waals surface area contributed by atoms with Crippen molar-refractivity contribution < 1.29 is 22.1 Å². The van der Waals surface area contributed by atoms with E-state index in [9.17, 15) is 13.2 Å². The molecule has 7 heteroatoms. The second kappa shape index (κ2) is 9.90. The molecule has 0 N–H and O–H groups in total. The quantitative estimate of drug-likeness (QED) is 0.276. The molecule has 0 aliphatic rings. The van der Waals surface area contributed by atoms with E-state index in [2.05, 4.69) is 0 Å². The summed E-state index contributed by atoms with van der Waals surface area (Å²) in [5.41, 5.74) is 0.943. The van der Waals surface area contributed by atoms with Gasteiger partial charge in [0, 0.05) is 6.42 Å². The lowest BCUT2D eigenvalue weighted by molar-refractivity contribution is -0.145. The Morgan fingerprint density at radius 2 is 1.87 bits per heavy atom. The SMILES string of the molecule is CCCCCC(=O)OC[C@@H](CCl)OS(=O)(=O)c1ccc(C)cc1. The number of unbranched alkanes of at least 4 members (excludes halogenated alkanes) is 2. The van der Waals surface area contributed by atoms with Crippen LogP contribution in [0, 0.1) is 6.92 Å². The molecule has 130 valence electrons. The van der Waals surface area contributed by atoms with Gasteiger partial charge in [-0.15, -0.1) is 11.6 Å². The van der Waals surface area contributed by atoms with Crippen molar-refractivity contribution in [2.75, 3.05) is 12.5 Å². The van der Waals surface area contributed by atoms with Crippen LogP contribution in [-0.4, -0.2) is 33.0 Å². The van der Waals surface area contributed by atoms with Crippen LogP contribution in [-0.2, 0) is 23.8 Å². The number of aryl methyl sites for hydroxylation is 1. The van der Waals surface area contributed by atoms with Gasteiger partial charge >= 0.3 is 5.97 Å². The molecule has 0 saturated carbocycles. The minimum Gasteiger partial charge on any atom is -0.463 e. The first kappa shape index (κ1) is 19.9. The number of benzene rings is 1. The fourth-order valence-corrected chi connectivity index (χ4v) is 3.10. The van der Waals surface area contributed by atoms with Gasteiger partial charge in [-0.2, -0.15) is 8.42 Å².